The molecule has 174 valence electrons. The molecular weight excluding hydrogens is 456 g/mol. The molecule has 2 aromatic heterocycles. The summed E-state index contributed by atoms with van der Waals surface area (Å²) in [6.07, 6.45) is 7.36. The zero-order valence-electron chi connectivity index (χ0n) is 19.1. The molecule has 0 N–H and O–H groups in total. The highest BCUT2D eigenvalue weighted by Crippen LogP contribution is 2.31. The Balaban J connectivity index is 0.00000306. The van der Waals surface area contributed by atoms with Crippen molar-refractivity contribution >= 4 is 45.0 Å². The van der Waals surface area contributed by atoms with Gasteiger partial charge in [-0.3, -0.25) is 9.69 Å². The van der Waals surface area contributed by atoms with Crippen molar-refractivity contribution in [1.29, 1.82) is 0 Å². The number of aromatic nitrogens is 3. The highest BCUT2D eigenvalue weighted by atomic mass is 35.5. The van der Waals surface area contributed by atoms with E-state index < -0.39 is 0 Å². The third kappa shape index (κ3) is 6.12. The smallest absolute Gasteiger partial charge is 0.260 e. The second-order valence-corrected chi connectivity index (χ2v) is 8.96. The number of rotatable bonds is 9. The van der Waals surface area contributed by atoms with E-state index in [-0.39, 0.29) is 24.4 Å². The Kier molecular flexibility index (Phi) is 8.47. The van der Waals surface area contributed by atoms with Crippen molar-refractivity contribution in [2.24, 2.45) is 0 Å². The van der Waals surface area contributed by atoms with Gasteiger partial charge in [0.15, 0.2) is 5.13 Å². The van der Waals surface area contributed by atoms with Crippen molar-refractivity contribution in [1.82, 2.24) is 14.5 Å². The number of nitrogens with zero attached hydrogens (tertiary/aromatic N) is 4. The van der Waals surface area contributed by atoms with Gasteiger partial charge in [0.05, 0.1) is 22.6 Å². The van der Waals surface area contributed by atoms with Crippen molar-refractivity contribution in [2.45, 2.75) is 46.3 Å². The second kappa shape index (κ2) is 11.3. The van der Waals surface area contributed by atoms with Crippen LogP contribution in [0.4, 0.5) is 5.13 Å². The molecule has 8 heteroatoms. The van der Waals surface area contributed by atoms with Crippen LogP contribution in [0.5, 0.6) is 5.75 Å². The maximum atomic E-state index is 13.5. The fourth-order valence-electron chi connectivity index (χ4n) is 3.51. The number of imidazole rings is 1. The van der Waals surface area contributed by atoms with Gasteiger partial charge >= 0.3 is 0 Å². The van der Waals surface area contributed by atoms with Crippen LogP contribution in [0, 0.1) is 0 Å². The molecule has 4 rings (SSSR count). The first-order chi connectivity index (χ1) is 15.5. The monoisotopic (exact) mass is 484 g/mol. The van der Waals surface area contributed by atoms with E-state index in [0.29, 0.717) is 12.1 Å². The Morgan fingerprint density at radius 1 is 1.18 bits per heavy atom. The van der Waals surface area contributed by atoms with Crippen LogP contribution in [0.3, 0.4) is 0 Å². The Bertz CT molecular complexity index is 1170. The quantitative estimate of drug-likeness (QED) is 0.292. The fraction of sp³-hybridized carbons (Fsp3) is 0.320. The highest BCUT2D eigenvalue weighted by molar-refractivity contribution is 7.22. The van der Waals surface area contributed by atoms with Crippen molar-refractivity contribution in [3.05, 3.63) is 72.3 Å². The standard InChI is InChI=1S/C25H28N4O2S.ClH/c1-4-19-6-11-22-23(16-19)32-25(27-22)29(14-5-13-28-15-12-26-17-28)24(30)20-7-9-21(10-8-20)31-18(2)3;/h6-12,15-18H,4-5,13-14H2,1-3H3;1H. The molecule has 0 radical (unpaired) electrons. The van der Waals surface area contributed by atoms with E-state index in [9.17, 15) is 4.79 Å². The van der Waals surface area contributed by atoms with Crippen molar-refractivity contribution < 1.29 is 9.53 Å². The van der Waals surface area contributed by atoms with Gasteiger partial charge in [-0.1, -0.05) is 24.3 Å². The lowest BCUT2D eigenvalue weighted by Gasteiger charge is -2.20. The van der Waals surface area contributed by atoms with Crippen LogP contribution in [0.2, 0.25) is 0 Å². The Morgan fingerprint density at radius 2 is 1.97 bits per heavy atom. The van der Waals surface area contributed by atoms with Gasteiger partial charge in [-0.2, -0.15) is 0 Å². The van der Waals surface area contributed by atoms with E-state index in [0.717, 1.165) is 40.5 Å². The summed E-state index contributed by atoms with van der Waals surface area (Å²) in [5.74, 6) is 0.705. The topological polar surface area (TPSA) is 60.2 Å². The summed E-state index contributed by atoms with van der Waals surface area (Å²) in [7, 11) is 0. The maximum Gasteiger partial charge on any atom is 0.260 e. The minimum Gasteiger partial charge on any atom is -0.491 e. The lowest BCUT2D eigenvalue weighted by Crippen LogP contribution is -2.32. The summed E-state index contributed by atoms with van der Waals surface area (Å²) in [5, 5.41) is 0.728. The van der Waals surface area contributed by atoms with E-state index in [4.69, 9.17) is 9.72 Å². The lowest BCUT2D eigenvalue weighted by molar-refractivity contribution is 0.0986. The van der Waals surface area contributed by atoms with Gasteiger partial charge in [0.1, 0.15) is 5.75 Å². The Morgan fingerprint density at radius 3 is 2.64 bits per heavy atom. The number of anilines is 1. The number of aryl methyl sites for hydroxylation is 2. The van der Waals surface area contributed by atoms with Gasteiger partial charge in [-0.15, -0.1) is 12.4 Å². The summed E-state index contributed by atoms with van der Waals surface area (Å²) in [4.78, 5) is 24.2. The number of hydrogen-bond donors (Lipinski definition) is 0. The first-order valence-electron chi connectivity index (χ1n) is 11.0. The molecule has 0 fully saturated rings. The van der Waals surface area contributed by atoms with Gasteiger partial charge < -0.3 is 9.30 Å². The molecule has 2 aromatic carbocycles. The van der Waals surface area contributed by atoms with Crippen LogP contribution in [0.25, 0.3) is 10.2 Å². The van der Waals surface area contributed by atoms with Crippen LogP contribution in [-0.2, 0) is 13.0 Å². The van der Waals surface area contributed by atoms with Crippen LogP contribution >= 0.6 is 23.7 Å². The number of ether oxygens (including phenoxy) is 1. The average Bonchev–Trinajstić information content (AvgIpc) is 3.45. The molecule has 6 nitrogen and oxygen atoms in total. The highest BCUT2D eigenvalue weighted by Gasteiger charge is 2.21. The molecule has 2 heterocycles. The second-order valence-electron chi connectivity index (χ2n) is 7.95. The number of fused-ring (bicyclic) bond motifs is 1. The molecule has 0 saturated heterocycles. The average molecular weight is 485 g/mol. The zero-order chi connectivity index (χ0) is 22.5. The van der Waals surface area contributed by atoms with Gasteiger partial charge in [-0.05, 0) is 68.7 Å². The van der Waals surface area contributed by atoms with E-state index in [1.807, 2.05) is 54.9 Å². The number of carbonyl (C=O) groups is 1. The first-order valence-corrected chi connectivity index (χ1v) is 11.8. The number of amides is 1. The zero-order valence-corrected chi connectivity index (χ0v) is 20.7. The molecule has 0 aliphatic heterocycles. The molecule has 4 aromatic rings. The molecule has 1 amide bonds. The maximum absolute atomic E-state index is 13.5. The van der Waals surface area contributed by atoms with E-state index in [1.54, 1.807) is 28.8 Å². The summed E-state index contributed by atoms with van der Waals surface area (Å²) < 4.78 is 8.84. The number of hydrogen-bond acceptors (Lipinski definition) is 5. The molecule has 0 bridgehead atoms. The number of halogens is 1. The number of benzene rings is 2. The predicted octanol–water partition coefficient (Wildman–Crippen LogP) is 6.00. The van der Waals surface area contributed by atoms with Crippen molar-refractivity contribution in [2.75, 3.05) is 11.4 Å². The van der Waals surface area contributed by atoms with Crippen LogP contribution in [0.1, 0.15) is 43.1 Å². The molecule has 0 saturated carbocycles. The van der Waals surface area contributed by atoms with Gasteiger partial charge in [-0.25, -0.2) is 9.97 Å². The third-order valence-corrected chi connectivity index (χ3v) is 6.20. The molecule has 33 heavy (non-hydrogen) atoms. The molecule has 0 aliphatic rings. The predicted molar refractivity (Wildman–Crippen MR) is 137 cm³/mol. The molecule has 0 aliphatic carbocycles. The third-order valence-electron chi connectivity index (χ3n) is 5.16. The van der Waals surface area contributed by atoms with Crippen LogP contribution in [0.15, 0.2) is 61.2 Å². The first kappa shape index (κ1) is 24.7. The summed E-state index contributed by atoms with van der Waals surface area (Å²) in [6.45, 7) is 7.47. The molecule has 0 atom stereocenters. The van der Waals surface area contributed by atoms with Crippen LogP contribution < -0.4 is 9.64 Å². The molecular formula is C25H29ClN4O2S. The summed E-state index contributed by atoms with van der Waals surface area (Å²) >= 11 is 1.57. The fourth-order valence-corrected chi connectivity index (χ4v) is 4.56. The SMILES string of the molecule is CCc1ccc2nc(N(CCCn3ccnc3)C(=O)c3ccc(OC(C)C)cc3)sc2c1.Cl. The van der Waals surface area contributed by atoms with E-state index >= 15 is 0 Å². The van der Waals surface area contributed by atoms with Gasteiger partial charge in [0.2, 0.25) is 0 Å². The minimum absolute atomic E-state index is 0. The largest absolute Gasteiger partial charge is 0.491 e. The number of thiazole rings is 1. The van der Waals surface area contributed by atoms with E-state index in [2.05, 4.69) is 24.0 Å². The van der Waals surface area contributed by atoms with Crippen molar-refractivity contribution in [3.63, 3.8) is 0 Å². The Hall–Kier alpha value is -2.90. The minimum atomic E-state index is -0.0542. The molecule has 0 spiro atoms. The van der Waals surface area contributed by atoms with Gasteiger partial charge in [0, 0.05) is 31.0 Å². The Labute approximate surface area is 204 Å². The normalized spacial score (nSPS) is 10.9. The van der Waals surface area contributed by atoms with Gasteiger partial charge in [0.25, 0.3) is 5.91 Å². The van der Waals surface area contributed by atoms with Crippen LogP contribution in [-0.4, -0.2) is 33.1 Å². The number of carbonyl (C=O) groups excluding carboxylic acids is 1. The summed E-state index contributed by atoms with van der Waals surface area (Å²) in [5.41, 5.74) is 2.82. The molecule has 0 unspecified atom stereocenters. The summed E-state index contributed by atoms with van der Waals surface area (Å²) in [6, 6.07) is 13.7. The lowest BCUT2D eigenvalue weighted by atomic mass is 10.2. The van der Waals surface area contributed by atoms with E-state index in [1.165, 1.54) is 5.56 Å². The van der Waals surface area contributed by atoms with Crippen molar-refractivity contribution in [3.8, 4) is 5.75 Å².